The van der Waals surface area contributed by atoms with Crippen molar-refractivity contribution in [1.29, 1.82) is 0 Å². The molecule has 0 aromatic heterocycles. The standard InChI is InChI=1S/C8H20N2.3C2H6/c1-4-8(3)10-7-6-9-5-2;3*1-2/h8-10H,4-7H2,1-3H3;3*1-2H3. The maximum atomic E-state index is 3.40. The van der Waals surface area contributed by atoms with Crippen molar-refractivity contribution in [3.05, 3.63) is 0 Å². The lowest BCUT2D eigenvalue weighted by Gasteiger charge is -2.10. The third-order valence-corrected chi connectivity index (χ3v) is 1.66. The van der Waals surface area contributed by atoms with E-state index in [1.54, 1.807) is 0 Å². The summed E-state index contributed by atoms with van der Waals surface area (Å²) in [6.45, 7) is 21.8. The number of rotatable bonds is 6. The minimum absolute atomic E-state index is 0.665. The average molecular weight is 234 g/mol. The molecule has 0 saturated carbocycles. The Morgan fingerprint density at radius 2 is 1.25 bits per heavy atom. The molecule has 0 radical (unpaired) electrons. The van der Waals surface area contributed by atoms with Crippen LogP contribution in [0.5, 0.6) is 0 Å². The van der Waals surface area contributed by atoms with Gasteiger partial charge in [0.15, 0.2) is 0 Å². The highest BCUT2D eigenvalue weighted by Crippen LogP contribution is 1.84. The monoisotopic (exact) mass is 234 g/mol. The third-order valence-electron chi connectivity index (χ3n) is 1.66. The molecule has 0 aliphatic carbocycles. The van der Waals surface area contributed by atoms with Gasteiger partial charge in [-0.15, -0.1) is 0 Å². The number of hydrogen-bond donors (Lipinski definition) is 2. The van der Waals surface area contributed by atoms with Gasteiger partial charge in [-0.3, -0.25) is 0 Å². The fourth-order valence-corrected chi connectivity index (χ4v) is 0.728. The quantitative estimate of drug-likeness (QED) is 0.677. The summed E-state index contributed by atoms with van der Waals surface area (Å²) in [7, 11) is 0. The van der Waals surface area contributed by atoms with Gasteiger partial charge in [0.1, 0.15) is 0 Å². The minimum atomic E-state index is 0.665. The van der Waals surface area contributed by atoms with E-state index in [0.717, 1.165) is 19.6 Å². The molecule has 0 fully saturated rings. The Bertz CT molecular complexity index is 65.8. The summed E-state index contributed by atoms with van der Waals surface area (Å²) >= 11 is 0. The average Bonchev–Trinajstić information content (AvgIpc) is 2.41. The molecule has 16 heavy (non-hydrogen) atoms. The second kappa shape index (κ2) is 36.3. The molecule has 2 N–H and O–H groups in total. The van der Waals surface area contributed by atoms with Crippen LogP contribution in [-0.2, 0) is 0 Å². The largest absolute Gasteiger partial charge is 0.316 e. The molecule has 0 bridgehead atoms. The Labute approximate surface area is 106 Å². The van der Waals surface area contributed by atoms with Crippen molar-refractivity contribution in [2.24, 2.45) is 0 Å². The van der Waals surface area contributed by atoms with Gasteiger partial charge in [-0.05, 0) is 19.9 Å². The van der Waals surface area contributed by atoms with Crippen LogP contribution in [0.2, 0.25) is 0 Å². The lowest BCUT2D eigenvalue weighted by Crippen LogP contribution is -2.32. The Hall–Kier alpha value is -0.0800. The van der Waals surface area contributed by atoms with Gasteiger partial charge >= 0.3 is 0 Å². The zero-order chi connectivity index (χ0) is 13.8. The predicted molar refractivity (Wildman–Crippen MR) is 80.3 cm³/mol. The first-order valence-corrected chi connectivity index (χ1v) is 7.25. The summed E-state index contributed by atoms with van der Waals surface area (Å²) in [4.78, 5) is 0. The molecule has 2 heteroatoms. The van der Waals surface area contributed by atoms with Crippen LogP contribution in [-0.4, -0.2) is 25.7 Å². The van der Waals surface area contributed by atoms with E-state index in [0.29, 0.717) is 6.04 Å². The van der Waals surface area contributed by atoms with Crippen molar-refractivity contribution in [2.75, 3.05) is 19.6 Å². The molecule has 2 nitrogen and oxygen atoms in total. The molecule has 0 amide bonds. The second-order valence-corrected chi connectivity index (χ2v) is 2.62. The highest BCUT2D eigenvalue weighted by molar-refractivity contribution is 4.57. The second-order valence-electron chi connectivity index (χ2n) is 2.62. The molecule has 0 aliphatic rings. The van der Waals surface area contributed by atoms with E-state index in [1.165, 1.54) is 6.42 Å². The molecule has 0 aromatic carbocycles. The van der Waals surface area contributed by atoms with Gasteiger partial charge < -0.3 is 10.6 Å². The Balaban J connectivity index is -0.000000103. The van der Waals surface area contributed by atoms with Crippen molar-refractivity contribution < 1.29 is 0 Å². The van der Waals surface area contributed by atoms with E-state index in [2.05, 4.69) is 31.4 Å². The van der Waals surface area contributed by atoms with Crippen LogP contribution in [0.1, 0.15) is 68.7 Å². The maximum Gasteiger partial charge on any atom is 0.00792 e. The summed E-state index contributed by atoms with van der Waals surface area (Å²) in [5, 5.41) is 6.67. The highest BCUT2D eigenvalue weighted by Gasteiger charge is 1.93. The number of nitrogens with one attached hydrogen (secondary N) is 2. The van der Waals surface area contributed by atoms with E-state index < -0.39 is 0 Å². The maximum absolute atomic E-state index is 3.40. The van der Waals surface area contributed by atoms with E-state index in [1.807, 2.05) is 41.5 Å². The molecule has 0 heterocycles. The van der Waals surface area contributed by atoms with Gasteiger partial charge in [0.2, 0.25) is 0 Å². The van der Waals surface area contributed by atoms with Crippen molar-refractivity contribution in [3.63, 3.8) is 0 Å². The van der Waals surface area contributed by atoms with E-state index >= 15 is 0 Å². The van der Waals surface area contributed by atoms with Crippen LogP contribution < -0.4 is 10.6 Å². The van der Waals surface area contributed by atoms with E-state index in [4.69, 9.17) is 0 Å². The van der Waals surface area contributed by atoms with Crippen LogP contribution >= 0.6 is 0 Å². The summed E-state index contributed by atoms with van der Waals surface area (Å²) < 4.78 is 0. The predicted octanol–water partition coefficient (Wildman–Crippen LogP) is 4.06. The van der Waals surface area contributed by atoms with Crippen LogP contribution in [0.3, 0.4) is 0 Å². The lowest BCUT2D eigenvalue weighted by atomic mass is 10.3. The summed E-state index contributed by atoms with van der Waals surface area (Å²) in [6, 6.07) is 0.665. The van der Waals surface area contributed by atoms with Gasteiger partial charge in [-0.1, -0.05) is 55.4 Å². The van der Waals surface area contributed by atoms with Crippen molar-refractivity contribution in [3.8, 4) is 0 Å². The number of hydrogen-bond acceptors (Lipinski definition) is 2. The fourth-order valence-electron chi connectivity index (χ4n) is 0.728. The Morgan fingerprint density at radius 3 is 1.56 bits per heavy atom. The topological polar surface area (TPSA) is 24.1 Å². The zero-order valence-electron chi connectivity index (χ0n) is 13.4. The summed E-state index contributed by atoms with van der Waals surface area (Å²) in [6.07, 6.45) is 1.21. The first-order valence-electron chi connectivity index (χ1n) is 7.25. The Kier molecular flexibility index (Phi) is 56.6. The molecule has 104 valence electrons. The van der Waals surface area contributed by atoms with Crippen molar-refractivity contribution in [2.45, 2.75) is 74.8 Å². The normalized spacial score (nSPS) is 9.56. The zero-order valence-corrected chi connectivity index (χ0v) is 13.4. The van der Waals surface area contributed by atoms with E-state index in [9.17, 15) is 0 Å². The smallest absolute Gasteiger partial charge is 0.00792 e. The van der Waals surface area contributed by atoms with Crippen LogP contribution in [0.25, 0.3) is 0 Å². The van der Waals surface area contributed by atoms with Crippen LogP contribution in [0, 0.1) is 0 Å². The third kappa shape index (κ3) is 37.0. The van der Waals surface area contributed by atoms with Crippen LogP contribution in [0.4, 0.5) is 0 Å². The first kappa shape index (κ1) is 24.9. The molecule has 0 rings (SSSR count). The summed E-state index contributed by atoms with van der Waals surface area (Å²) in [5.74, 6) is 0. The van der Waals surface area contributed by atoms with Crippen molar-refractivity contribution >= 4 is 0 Å². The molecule has 1 atom stereocenters. The molecule has 0 saturated heterocycles. The lowest BCUT2D eigenvalue weighted by molar-refractivity contribution is 0.521. The molecule has 0 spiro atoms. The number of likely N-dealkylation sites (N-methyl/N-ethyl adjacent to an activating group) is 1. The molecule has 0 aliphatic heterocycles. The molecular weight excluding hydrogens is 196 g/mol. The summed E-state index contributed by atoms with van der Waals surface area (Å²) in [5.41, 5.74) is 0. The molecule has 1 unspecified atom stereocenters. The van der Waals surface area contributed by atoms with Gasteiger partial charge in [-0.2, -0.15) is 0 Å². The van der Waals surface area contributed by atoms with Gasteiger partial charge in [-0.25, -0.2) is 0 Å². The fraction of sp³-hybridized carbons (Fsp3) is 1.00. The molecule has 0 aromatic rings. The van der Waals surface area contributed by atoms with Crippen molar-refractivity contribution in [1.82, 2.24) is 10.6 Å². The van der Waals surface area contributed by atoms with Crippen LogP contribution in [0.15, 0.2) is 0 Å². The Morgan fingerprint density at radius 1 is 0.812 bits per heavy atom. The molecular formula is C14H38N2. The van der Waals surface area contributed by atoms with Gasteiger partial charge in [0, 0.05) is 19.1 Å². The first-order chi connectivity index (χ1) is 7.81. The minimum Gasteiger partial charge on any atom is -0.316 e. The van der Waals surface area contributed by atoms with Gasteiger partial charge in [0.25, 0.3) is 0 Å². The highest BCUT2D eigenvalue weighted by atomic mass is 15.0. The SMILES string of the molecule is CC.CC.CC.CCNCCNC(C)CC. The van der Waals surface area contributed by atoms with E-state index in [-0.39, 0.29) is 0 Å². The van der Waals surface area contributed by atoms with Gasteiger partial charge in [0.05, 0.1) is 0 Å².